The van der Waals surface area contributed by atoms with Gasteiger partial charge in [0.25, 0.3) is 0 Å². The standard InChI is InChI=1S/C47H56N2O7/c1-3-5-9-23-41(28-36-17-10-6-11-18-36)47(53)56-35-43(34-54-32-38-19-12-7-13-20-38)49-46(52)40(16-4-2)30-45(51)48-42(31-50)29-37-24-26-44(27-25-37)55-33-39-21-14-8-15-22-39/h3-4,6-8,10-15,17-22,24-27,40-43,50H,1-2,5,9,16,23,28-35H2,(H,48,51)(H,49,52)/t40-,41+,42-,43-/m0/s1. The third-order valence-corrected chi connectivity index (χ3v) is 9.32. The number of carbonyl (C=O) groups is 3. The molecule has 9 heteroatoms. The number of aliphatic hydroxyl groups is 1. The van der Waals surface area contributed by atoms with Gasteiger partial charge in [-0.15, -0.1) is 13.2 Å². The lowest BCUT2D eigenvalue weighted by Crippen LogP contribution is -2.46. The SMILES string of the molecule is C=CCCC[C@H](Cc1ccccc1)C(=O)OC[C@H](COCc1ccccc1)NC(=O)[C@@H](CC=C)CC(=O)N[C@H](CO)Cc1ccc(OCc2ccccc2)cc1. The first kappa shape index (κ1) is 43.2. The lowest BCUT2D eigenvalue weighted by Gasteiger charge is -2.24. The Kier molecular flexibility index (Phi) is 19.1. The van der Waals surface area contributed by atoms with Gasteiger partial charge in [0, 0.05) is 6.42 Å². The Morgan fingerprint density at radius 3 is 1.88 bits per heavy atom. The number of nitrogens with one attached hydrogen (secondary N) is 2. The van der Waals surface area contributed by atoms with Gasteiger partial charge in [-0.3, -0.25) is 14.4 Å². The molecular weight excluding hydrogens is 705 g/mol. The van der Waals surface area contributed by atoms with Gasteiger partial charge in [0.05, 0.1) is 43.7 Å². The van der Waals surface area contributed by atoms with Crippen molar-refractivity contribution in [1.82, 2.24) is 10.6 Å². The minimum absolute atomic E-state index is 0.0867. The molecule has 0 saturated heterocycles. The molecule has 0 saturated carbocycles. The van der Waals surface area contributed by atoms with Crippen molar-refractivity contribution in [1.29, 1.82) is 0 Å². The number of ether oxygens (including phenoxy) is 3. The van der Waals surface area contributed by atoms with Crippen LogP contribution in [0.1, 0.15) is 54.4 Å². The molecule has 4 aromatic rings. The molecule has 296 valence electrons. The fraction of sp³-hybridized carbons (Fsp3) is 0.340. The molecular formula is C47H56N2O7. The molecule has 0 unspecified atom stereocenters. The predicted octanol–water partition coefficient (Wildman–Crippen LogP) is 7.33. The molecule has 0 bridgehead atoms. The van der Waals surface area contributed by atoms with Crippen LogP contribution in [0.5, 0.6) is 5.75 Å². The number of hydrogen-bond acceptors (Lipinski definition) is 7. The Morgan fingerprint density at radius 2 is 1.27 bits per heavy atom. The predicted molar refractivity (Wildman–Crippen MR) is 220 cm³/mol. The topological polar surface area (TPSA) is 123 Å². The zero-order valence-electron chi connectivity index (χ0n) is 32.2. The highest BCUT2D eigenvalue weighted by Gasteiger charge is 2.27. The van der Waals surface area contributed by atoms with Gasteiger partial charge in [0.15, 0.2) is 0 Å². The molecule has 0 heterocycles. The van der Waals surface area contributed by atoms with Crippen LogP contribution in [-0.4, -0.2) is 54.8 Å². The zero-order chi connectivity index (χ0) is 39.8. The van der Waals surface area contributed by atoms with Crippen molar-refractivity contribution in [2.45, 2.75) is 70.2 Å². The number of aliphatic hydroxyl groups excluding tert-OH is 1. The molecule has 3 N–H and O–H groups in total. The van der Waals surface area contributed by atoms with Gasteiger partial charge >= 0.3 is 5.97 Å². The average molecular weight is 761 g/mol. The fourth-order valence-electron chi connectivity index (χ4n) is 6.26. The van der Waals surface area contributed by atoms with E-state index >= 15 is 0 Å². The summed E-state index contributed by atoms with van der Waals surface area (Å²) in [4.78, 5) is 40.5. The molecule has 0 aromatic heterocycles. The first-order valence-corrected chi connectivity index (χ1v) is 19.4. The summed E-state index contributed by atoms with van der Waals surface area (Å²) >= 11 is 0. The number of amides is 2. The van der Waals surface area contributed by atoms with E-state index in [2.05, 4.69) is 23.8 Å². The average Bonchev–Trinajstić information content (AvgIpc) is 3.22. The van der Waals surface area contributed by atoms with E-state index in [-0.39, 0.29) is 56.4 Å². The minimum atomic E-state index is -0.745. The lowest BCUT2D eigenvalue weighted by atomic mass is 9.94. The van der Waals surface area contributed by atoms with Gasteiger partial charge in [0.2, 0.25) is 11.8 Å². The molecule has 0 spiro atoms. The summed E-state index contributed by atoms with van der Waals surface area (Å²) in [5.41, 5.74) is 3.99. The number of benzene rings is 4. The Labute approximate surface area is 331 Å². The van der Waals surface area contributed by atoms with Crippen LogP contribution in [0, 0.1) is 11.8 Å². The van der Waals surface area contributed by atoms with Crippen molar-refractivity contribution < 1.29 is 33.7 Å². The maximum absolute atomic E-state index is 13.7. The number of rotatable bonds is 26. The van der Waals surface area contributed by atoms with Crippen molar-refractivity contribution in [3.05, 3.63) is 163 Å². The van der Waals surface area contributed by atoms with Gasteiger partial charge in [0.1, 0.15) is 19.0 Å². The molecule has 56 heavy (non-hydrogen) atoms. The highest BCUT2D eigenvalue weighted by molar-refractivity contribution is 5.86. The molecule has 9 nitrogen and oxygen atoms in total. The first-order valence-electron chi connectivity index (χ1n) is 19.4. The lowest BCUT2D eigenvalue weighted by molar-refractivity contribution is -0.150. The Morgan fingerprint density at radius 1 is 0.661 bits per heavy atom. The molecule has 4 rings (SSSR count). The Bertz CT molecular complexity index is 1750. The largest absolute Gasteiger partial charge is 0.489 e. The van der Waals surface area contributed by atoms with Crippen LogP contribution in [0.4, 0.5) is 0 Å². The van der Waals surface area contributed by atoms with E-state index in [9.17, 15) is 19.5 Å². The third kappa shape index (κ3) is 16.1. The van der Waals surface area contributed by atoms with Crippen molar-refractivity contribution in [2.24, 2.45) is 11.8 Å². The maximum Gasteiger partial charge on any atom is 0.309 e. The summed E-state index contributed by atoms with van der Waals surface area (Å²) in [7, 11) is 0. The van der Waals surface area contributed by atoms with Crippen molar-refractivity contribution in [3.8, 4) is 5.75 Å². The first-order chi connectivity index (χ1) is 27.4. The molecule has 4 aromatic carbocycles. The molecule has 2 amide bonds. The van der Waals surface area contributed by atoms with Crippen LogP contribution in [0.2, 0.25) is 0 Å². The van der Waals surface area contributed by atoms with E-state index < -0.39 is 18.0 Å². The molecule has 0 fully saturated rings. The Balaban J connectivity index is 1.34. The summed E-state index contributed by atoms with van der Waals surface area (Å²) in [6, 6.07) is 35.7. The van der Waals surface area contributed by atoms with Crippen LogP contribution in [0.15, 0.2) is 141 Å². The second-order valence-corrected chi connectivity index (χ2v) is 13.9. The van der Waals surface area contributed by atoms with Crippen LogP contribution in [0.3, 0.4) is 0 Å². The zero-order valence-corrected chi connectivity index (χ0v) is 32.2. The monoisotopic (exact) mass is 760 g/mol. The van der Waals surface area contributed by atoms with Crippen LogP contribution >= 0.6 is 0 Å². The minimum Gasteiger partial charge on any atom is -0.489 e. The van der Waals surface area contributed by atoms with E-state index in [1.54, 1.807) is 6.08 Å². The summed E-state index contributed by atoms with van der Waals surface area (Å²) in [5, 5.41) is 16.0. The molecule has 0 aliphatic heterocycles. The van der Waals surface area contributed by atoms with Crippen LogP contribution in [0.25, 0.3) is 0 Å². The summed E-state index contributed by atoms with van der Waals surface area (Å²) in [6.45, 7) is 8.08. The highest BCUT2D eigenvalue weighted by Crippen LogP contribution is 2.19. The molecule has 0 aliphatic rings. The third-order valence-electron chi connectivity index (χ3n) is 9.32. The van der Waals surface area contributed by atoms with Gasteiger partial charge in [-0.05, 0) is 72.9 Å². The van der Waals surface area contributed by atoms with Gasteiger partial charge in [-0.25, -0.2) is 0 Å². The van der Waals surface area contributed by atoms with Crippen molar-refractivity contribution in [3.63, 3.8) is 0 Å². The number of carbonyl (C=O) groups excluding carboxylic acids is 3. The van der Waals surface area contributed by atoms with E-state index in [1.807, 2.05) is 121 Å². The number of hydrogen-bond donors (Lipinski definition) is 3. The second-order valence-electron chi connectivity index (χ2n) is 13.9. The van der Waals surface area contributed by atoms with Gasteiger partial charge in [-0.1, -0.05) is 115 Å². The van der Waals surface area contributed by atoms with Crippen molar-refractivity contribution >= 4 is 17.8 Å². The molecule has 0 aliphatic carbocycles. The summed E-state index contributed by atoms with van der Waals surface area (Å²) in [5.74, 6) is -1.49. The van der Waals surface area contributed by atoms with Crippen LogP contribution < -0.4 is 15.4 Å². The summed E-state index contributed by atoms with van der Waals surface area (Å²) in [6.07, 6.45) is 6.72. The van der Waals surface area contributed by atoms with Crippen LogP contribution in [-0.2, 0) is 49.9 Å². The second kappa shape index (κ2) is 24.8. The molecule has 0 radical (unpaired) electrons. The number of unbranched alkanes of at least 4 members (excludes halogenated alkanes) is 1. The van der Waals surface area contributed by atoms with Gasteiger partial charge in [-0.2, -0.15) is 0 Å². The summed E-state index contributed by atoms with van der Waals surface area (Å²) < 4.78 is 17.7. The Hall–Kier alpha value is -5.51. The number of esters is 1. The molecule has 4 atom stereocenters. The number of allylic oxidation sites excluding steroid dienone is 2. The van der Waals surface area contributed by atoms with Gasteiger partial charge < -0.3 is 30.0 Å². The maximum atomic E-state index is 13.7. The highest BCUT2D eigenvalue weighted by atomic mass is 16.5. The van der Waals surface area contributed by atoms with Crippen molar-refractivity contribution in [2.75, 3.05) is 19.8 Å². The quantitative estimate of drug-likeness (QED) is 0.0348. The normalized spacial score (nSPS) is 13.0. The van der Waals surface area contributed by atoms with E-state index in [0.717, 1.165) is 40.8 Å². The van der Waals surface area contributed by atoms with E-state index in [1.165, 1.54) is 0 Å². The van der Waals surface area contributed by atoms with E-state index in [4.69, 9.17) is 14.2 Å². The smallest absolute Gasteiger partial charge is 0.309 e. The van der Waals surface area contributed by atoms with E-state index in [0.29, 0.717) is 32.5 Å². The fourth-order valence-corrected chi connectivity index (χ4v) is 6.26.